The van der Waals surface area contributed by atoms with Gasteiger partial charge in [-0.1, -0.05) is 68.8 Å². The molecule has 0 saturated heterocycles. The maximum atomic E-state index is 12.1. The Balaban J connectivity index is 1.82. The van der Waals surface area contributed by atoms with E-state index in [1.54, 1.807) is 24.3 Å². The van der Waals surface area contributed by atoms with Crippen LogP contribution in [0.5, 0.6) is 0 Å². The van der Waals surface area contributed by atoms with Gasteiger partial charge in [0.2, 0.25) is 11.5 Å². The molecule has 0 unspecified atom stereocenters. The van der Waals surface area contributed by atoms with Crippen molar-refractivity contribution in [1.29, 1.82) is 0 Å². The number of benzene rings is 2. The molecule has 4 aromatic rings. The summed E-state index contributed by atoms with van der Waals surface area (Å²) in [4.78, 5) is 23.0. The molecule has 0 bridgehead atoms. The zero-order valence-corrected chi connectivity index (χ0v) is 22.5. The number of hydrogen-bond donors (Lipinski definition) is 0. The van der Waals surface area contributed by atoms with E-state index < -0.39 is 33.5 Å². The summed E-state index contributed by atoms with van der Waals surface area (Å²) in [6.45, 7) is 2.92. The predicted molar refractivity (Wildman–Crippen MR) is 140 cm³/mol. The van der Waals surface area contributed by atoms with Gasteiger partial charge in [0.25, 0.3) is 0 Å². The molecule has 0 atom stereocenters. The lowest BCUT2D eigenvalue weighted by molar-refractivity contribution is -0.387. The first-order chi connectivity index (χ1) is 18.0. The molecule has 38 heavy (non-hydrogen) atoms. The zero-order valence-electron chi connectivity index (χ0n) is 19.5. The number of rotatable bonds is 6. The van der Waals surface area contributed by atoms with Crippen molar-refractivity contribution in [3.63, 3.8) is 0 Å². The monoisotopic (exact) mass is 596 g/mol. The standard InChI is InChI=1S/C24H16Cl4N4O6/c1-9-21(31(33)34)23(37-29-9)19-17(13-5-3-11(25)7-15(13)27)20(24-22(32(35)36)10(2)30-38-24)18(19)14-6-4-12(26)8-16(14)28/h3-8,17-20H,1-2H3. The van der Waals surface area contributed by atoms with E-state index in [1.807, 2.05) is 0 Å². The lowest BCUT2D eigenvalue weighted by Gasteiger charge is -2.50. The van der Waals surface area contributed by atoms with Gasteiger partial charge in [-0.2, -0.15) is 0 Å². The molecule has 0 N–H and O–H groups in total. The van der Waals surface area contributed by atoms with E-state index in [9.17, 15) is 20.2 Å². The molecule has 10 nitrogen and oxygen atoms in total. The first-order valence-corrected chi connectivity index (χ1v) is 12.6. The Morgan fingerprint density at radius 3 is 1.37 bits per heavy atom. The Labute approximate surface area is 234 Å². The van der Waals surface area contributed by atoms with Crippen LogP contribution in [0.1, 0.15) is 57.7 Å². The van der Waals surface area contributed by atoms with E-state index in [2.05, 4.69) is 10.3 Å². The molecule has 5 rings (SSSR count). The van der Waals surface area contributed by atoms with Gasteiger partial charge >= 0.3 is 11.4 Å². The van der Waals surface area contributed by atoms with Crippen LogP contribution < -0.4 is 0 Å². The second-order valence-corrected chi connectivity index (χ2v) is 10.6. The van der Waals surface area contributed by atoms with Crippen molar-refractivity contribution in [2.24, 2.45) is 0 Å². The minimum Gasteiger partial charge on any atom is -0.353 e. The van der Waals surface area contributed by atoms with Crippen LogP contribution >= 0.6 is 46.4 Å². The summed E-state index contributed by atoms with van der Waals surface area (Å²) in [5.41, 5.74) is 0.607. The first kappa shape index (κ1) is 26.4. The van der Waals surface area contributed by atoms with Crippen LogP contribution in [0.25, 0.3) is 0 Å². The highest BCUT2D eigenvalue weighted by atomic mass is 35.5. The van der Waals surface area contributed by atoms with Crippen molar-refractivity contribution < 1.29 is 18.9 Å². The molecule has 2 heterocycles. The third-order valence-electron chi connectivity index (χ3n) is 6.88. The lowest BCUT2D eigenvalue weighted by Crippen LogP contribution is -2.40. The average molecular weight is 598 g/mol. The number of nitrogens with zero attached hydrogens (tertiary/aromatic N) is 4. The Morgan fingerprint density at radius 1 is 0.684 bits per heavy atom. The lowest BCUT2D eigenvalue weighted by atomic mass is 9.51. The van der Waals surface area contributed by atoms with Gasteiger partial charge in [-0.15, -0.1) is 0 Å². The second kappa shape index (κ2) is 9.85. The van der Waals surface area contributed by atoms with Crippen molar-refractivity contribution in [2.45, 2.75) is 37.5 Å². The maximum Gasteiger partial charge on any atom is 0.334 e. The van der Waals surface area contributed by atoms with Gasteiger partial charge in [0.05, 0.1) is 9.85 Å². The largest absolute Gasteiger partial charge is 0.353 e. The normalized spacial score (nSPS) is 20.8. The van der Waals surface area contributed by atoms with E-state index in [1.165, 1.54) is 26.0 Å². The van der Waals surface area contributed by atoms with Crippen molar-refractivity contribution in [3.05, 3.63) is 111 Å². The fourth-order valence-corrected chi connectivity index (χ4v) is 6.43. The highest BCUT2D eigenvalue weighted by Gasteiger charge is 2.61. The van der Waals surface area contributed by atoms with Crippen molar-refractivity contribution in [2.75, 3.05) is 0 Å². The highest BCUT2D eigenvalue weighted by Crippen LogP contribution is 2.69. The summed E-state index contributed by atoms with van der Waals surface area (Å²) >= 11 is 25.5. The van der Waals surface area contributed by atoms with E-state index in [-0.39, 0.29) is 44.3 Å². The summed E-state index contributed by atoms with van der Waals surface area (Å²) in [5.74, 6) is -2.99. The minimum absolute atomic E-state index is 0.0188. The Morgan fingerprint density at radius 2 is 1.05 bits per heavy atom. The molecule has 1 aliphatic rings. The van der Waals surface area contributed by atoms with Gasteiger partial charge in [-0.3, -0.25) is 20.2 Å². The quantitative estimate of drug-likeness (QED) is 0.160. The summed E-state index contributed by atoms with van der Waals surface area (Å²) in [5, 5.41) is 33.1. The molecule has 0 radical (unpaired) electrons. The van der Waals surface area contributed by atoms with Crippen LogP contribution in [0.2, 0.25) is 20.1 Å². The Kier molecular flexibility index (Phi) is 6.85. The molecule has 1 aliphatic carbocycles. The number of hydrogen-bond acceptors (Lipinski definition) is 8. The molecule has 1 saturated carbocycles. The van der Waals surface area contributed by atoms with Gasteiger partial charge in [0.1, 0.15) is 0 Å². The number of aryl methyl sites for hydroxylation is 2. The first-order valence-electron chi connectivity index (χ1n) is 11.1. The number of aromatic nitrogens is 2. The van der Waals surface area contributed by atoms with Crippen LogP contribution in [0.15, 0.2) is 45.4 Å². The van der Waals surface area contributed by atoms with Gasteiger partial charge < -0.3 is 9.05 Å². The molecule has 196 valence electrons. The second-order valence-electron chi connectivity index (χ2n) is 8.91. The Bertz CT molecular complexity index is 1480. The molecule has 2 aromatic heterocycles. The third-order valence-corrected chi connectivity index (χ3v) is 8.00. The summed E-state index contributed by atoms with van der Waals surface area (Å²) in [6, 6.07) is 9.60. The summed E-state index contributed by atoms with van der Waals surface area (Å²) in [7, 11) is 0. The van der Waals surface area contributed by atoms with Crippen LogP contribution in [0.3, 0.4) is 0 Å². The maximum absolute atomic E-state index is 12.1. The van der Waals surface area contributed by atoms with Crippen molar-refractivity contribution in [1.82, 2.24) is 10.3 Å². The van der Waals surface area contributed by atoms with Crippen molar-refractivity contribution >= 4 is 57.8 Å². The zero-order chi connectivity index (χ0) is 27.5. The minimum atomic E-state index is -0.774. The van der Waals surface area contributed by atoms with Gasteiger partial charge in [-0.05, 0) is 49.2 Å². The van der Waals surface area contributed by atoms with E-state index in [4.69, 9.17) is 55.4 Å². The van der Waals surface area contributed by atoms with E-state index in [0.29, 0.717) is 21.2 Å². The van der Waals surface area contributed by atoms with E-state index in [0.717, 1.165) is 0 Å². The molecule has 2 aromatic carbocycles. The number of nitro groups is 2. The van der Waals surface area contributed by atoms with Crippen LogP contribution in [-0.4, -0.2) is 20.2 Å². The van der Waals surface area contributed by atoms with Gasteiger partial charge in [-0.25, -0.2) is 0 Å². The van der Waals surface area contributed by atoms with Crippen LogP contribution in [0.4, 0.5) is 11.4 Å². The smallest absolute Gasteiger partial charge is 0.334 e. The molecule has 0 amide bonds. The van der Waals surface area contributed by atoms with Crippen LogP contribution in [0, 0.1) is 34.1 Å². The molecule has 14 heteroatoms. The van der Waals surface area contributed by atoms with Crippen molar-refractivity contribution in [3.8, 4) is 0 Å². The SMILES string of the molecule is Cc1noc(C2C(c3ccc(Cl)cc3Cl)C(c3onc(C)c3[N+](=O)[O-])C2c2ccc(Cl)cc2Cl)c1[N+](=O)[O-]. The van der Waals surface area contributed by atoms with Gasteiger partial charge in [0.15, 0.2) is 11.4 Å². The molecule has 0 aliphatic heterocycles. The molecule has 1 fully saturated rings. The molecular formula is C24H16Cl4N4O6. The Hall–Kier alpha value is -3.18. The number of halogens is 4. The topological polar surface area (TPSA) is 138 Å². The van der Waals surface area contributed by atoms with E-state index >= 15 is 0 Å². The predicted octanol–water partition coefficient (Wildman–Crippen LogP) is 8.16. The fraction of sp³-hybridized carbons (Fsp3) is 0.250. The summed E-state index contributed by atoms with van der Waals surface area (Å²) in [6.07, 6.45) is 0. The van der Waals surface area contributed by atoms with Gasteiger partial charge in [0, 0.05) is 43.8 Å². The van der Waals surface area contributed by atoms with Crippen LogP contribution in [-0.2, 0) is 0 Å². The third kappa shape index (κ3) is 4.21. The molecular weight excluding hydrogens is 582 g/mol. The fourth-order valence-electron chi connectivity index (χ4n) is 5.36. The molecule has 0 spiro atoms. The highest BCUT2D eigenvalue weighted by molar-refractivity contribution is 6.35. The summed E-state index contributed by atoms with van der Waals surface area (Å²) < 4.78 is 11.1. The average Bonchev–Trinajstić information content (AvgIpc) is 3.38.